The van der Waals surface area contributed by atoms with Crippen molar-refractivity contribution in [2.24, 2.45) is 16.7 Å². The summed E-state index contributed by atoms with van der Waals surface area (Å²) in [5.74, 6) is -1.14. The van der Waals surface area contributed by atoms with E-state index in [2.05, 4.69) is 75.1 Å². The lowest BCUT2D eigenvalue weighted by Crippen LogP contribution is -2.46. The Hall–Kier alpha value is -1.10. The highest BCUT2D eigenvalue weighted by Gasteiger charge is 2.48. The Labute approximate surface area is 221 Å². The first-order valence-corrected chi connectivity index (χ1v) is 16.3. The summed E-state index contributed by atoms with van der Waals surface area (Å²) in [4.78, 5) is 12.8. The van der Waals surface area contributed by atoms with Gasteiger partial charge in [-0.2, -0.15) is 0 Å². The van der Waals surface area contributed by atoms with Gasteiger partial charge in [-0.1, -0.05) is 85.2 Å². The zero-order chi connectivity index (χ0) is 27.5. The quantitative estimate of drug-likeness (QED) is 0.169. The Morgan fingerprint density at radius 1 is 1.09 bits per heavy atom. The Morgan fingerprint density at radius 3 is 2.09 bits per heavy atom. The van der Waals surface area contributed by atoms with Crippen LogP contribution in [0.5, 0.6) is 0 Å². The van der Waals surface area contributed by atoms with Crippen molar-refractivity contribution in [3.8, 4) is 0 Å². The monoisotopic (exact) mass is 522 g/mol. The summed E-state index contributed by atoms with van der Waals surface area (Å²) in [6.45, 7) is 28.8. The number of carboxylic acid groups (broad SMARTS) is 1. The van der Waals surface area contributed by atoms with Crippen LogP contribution in [-0.2, 0) is 21.1 Å². The van der Waals surface area contributed by atoms with Crippen molar-refractivity contribution in [3.63, 3.8) is 0 Å². The number of aliphatic carboxylic acids is 1. The third-order valence-electron chi connectivity index (χ3n) is 8.18. The van der Waals surface area contributed by atoms with Crippen molar-refractivity contribution in [3.05, 3.63) is 47.0 Å². The Balaban J connectivity index is 3.15. The normalized spacial score (nSPS) is 16.0. The number of rotatable bonds is 12. The minimum absolute atomic E-state index is 0.173. The van der Waals surface area contributed by atoms with Gasteiger partial charge in [0.25, 0.3) is 0 Å². The molecule has 2 unspecified atom stereocenters. The molecule has 0 saturated carbocycles. The van der Waals surface area contributed by atoms with E-state index in [1.165, 1.54) is 0 Å². The molecule has 3 nitrogen and oxygen atoms in total. The smallest absolute Gasteiger partial charge is 0.314 e. The third kappa shape index (κ3) is 8.20. The average molecular weight is 523 g/mol. The molecule has 0 aromatic heterocycles. The number of hydrogen-bond donors (Lipinski definition) is 1. The van der Waals surface area contributed by atoms with Crippen molar-refractivity contribution in [1.29, 1.82) is 0 Å². The van der Waals surface area contributed by atoms with E-state index in [-0.39, 0.29) is 21.8 Å². The molecule has 0 amide bonds. The van der Waals surface area contributed by atoms with Crippen LogP contribution in [0.1, 0.15) is 92.7 Å². The maximum atomic E-state index is 12.8. The molecule has 200 valence electrons. The second-order valence-corrected chi connectivity index (χ2v) is 19.0. The number of hydrogen-bond acceptors (Lipinski definition) is 2. The van der Waals surface area contributed by atoms with Crippen LogP contribution in [0.3, 0.4) is 0 Å². The third-order valence-corrected chi connectivity index (χ3v) is 13.1. The summed E-state index contributed by atoms with van der Waals surface area (Å²) < 4.78 is 6.38. The van der Waals surface area contributed by atoms with Gasteiger partial charge in [-0.15, -0.1) is 6.58 Å². The van der Waals surface area contributed by atoms with Gasteiger partial charge in [-0.05, 0) is 78.8 Å². The van der Waals surface area contributed by atoms with E-state index in [1.54, 1.807) is 0 Å². The van der Waals surface area contributed by atoms with Crippen molar-refractivity contribution in [2.75, 3.05) is 6.61 Å². The van der Waals surface area contributed by atoms with Gasteiger partial charge in [-0.25, -0.2) is 0 Å². The highest BCUT2D eigenvalue weighted by molar-refractivity contribution is 6.74. The summed E-state index contributed by atoms with van der Waals surface area (Å²) in [5.41, 5.74) is 0.574. The van der Waals surface area contributed by atoms with Crippen molar-refractivity contribution in [1.82, 2.24) is 0 Å². The van der Waals surface area contributed by atoms with Gasteiger partial charge in [0, 0.05) is 17.5 Å². The number of aryl methyl sites for hydroxylation is 1. The summed E-state index contributed by atoms with van der Waals surface area (Å²) >= 11 is 6.68. The maximum absolute atomic E-state index is 12.8. The molecule has 0 aliphatic heterocycles. The van der Waals surface area contributed by atoms with Crippen molar-refractivity contribution >= 4 is 25.9 Å². The summed E-state index contributed by atoms with van der Waals surface area (Å²) in [6.07, 6.45) is 5.44. The van der Waals surface area contributed by atoms with E-state index in [4.69, 9.17) is 16.0 Å². The standard InChI is InChI=1S/C30H51ClO3Si/c1-13-25(29(8,9)18-14-20-34-35(11,12)28(5,6)7)30(10,26(32)33)23-16-15-22(24(31)21-23)17-19-27(2,3)4/h13,15-16,21,25H,1,14,17-20H2,2-12H3,(H,32,33). The molecule has 1 rings (SSSR count). The topological polar surface area (TPSA) is 46.5 Å². The van der Waals surface area contributed by atoms with Gasteiger partial charge in [0.15, 0.2) is 8.32 Å². The number of benzene rings is 1. The molecule has 0 aliphatic carbocycles. The lowest BCUT2D eigenvalue weighted by molar-refractivity contribution is -0.146. The highest BCUT2D eigenvalue weighted by Crippen LogP contribution is 2.47. The largest absolute Gasteiger partial charge is 0.481 e. The van der Waals surface area contributed by atoms with Gasteiger partial charge in [0.1, 0.15) is 0 Å². The first kappa shape index (κ1) is 31.9. The summed E-state index contributed by atoms with van der Waals surface area (Å²) in [6, 6.07) is 5.82. The van der Waals surface area contributed by atoms with Crippen LogP contribution in [0, 0.1) is 16.7 Å². The van der Waals surface area contributed by atoms with E-state index in [0.717, 1.165) is 36.8 Å². The van der Waals surface area contributed by atoms with Gasteiger partial charge in [0.2, 0.25) is 0 Å². The molecule has 0 saturated heterocycles. The van der Waals surface area contributed by atoms with Crippen LogP contribution in [0.2, 0.25) is 23.2 Å². The molecular weight excluding hydrogens is 472 g/mol. The molecule has 0 fully saturated rings. The maximum Gasteiger partial charge on any atom is 0.314 e. The summed E-state index contributed by atoms with van der Waals surface area (Å²) in [7, 11) is -1.80. The molecule has 5 heteroatoms. The molecule has 1 aromatic rings. The van der Waals surface area contributed by atoms with Gasteiger partial charge in [0.05, 0.1) is 5.41 Å². The second kappa shape index (κ2) is 11.5. The molecule has 0 bridgehead atoms. The fraction of sp³-hybridized carbons (Fsp3) is 0.700. The summed E-state index contributed by atoms with van der Waals surface area (Å²) in [5, 5.41) is 11.3. The number of carboxylic acids is 1. The minimum atomic E-state index is -1.80. The van der Waals surface area contributed by atoms with E-state index >= 15 is 0 Å². The van der Waals surface area contributed by atoms with Crippen LogP contribution in [0.25, 0.3) is 0 Å². The van der Waals surface area contributed by atoms with E-state index in [1.807, 2.05) is 31.2 Å². The molecule has 1 aromatic carbocycles. The first-order valence-electron chi connectivity index (χ1n) is 13.0. The molecule has 0 aliphatic rings. The van der Waals surface area contributed by atoms with Crippen LogP contribution in [0.15, 0.2) is 30.9 Å². The lowest BCUT2D eigenvalue weighted by Gasteiger charge is -2.43. The average Bonchev–Trinajstić information content (AvgIpc) is 2.68. The van der Waals surface area contributed by atoms with Gasteiger partial charge in [-0.3, -0.25) is 4.79 Å². The molecular formula is C30H51ClO3Si. The van der Waals surface area contributed by atoms with Crippen molar-refractivity contribution < 1.29 is 14.3 Å². The first-order chi connectivity index (χ1) is 15.7. The van der Waals surface area contributed by atoms with E-state index in [9.17, 15) is 9.90 Å². The lowest BCUT2D eigenvalue weighted by atomic mass is 9.60. The predicted octanol–water partition coefficient (Wildman–Crippen LogP) is 9.29. The fourth-order valence-electron chi connectivity index (χ4n) is 4.58. The van der Waals surface area contributed by atoms with Gasteiger partial charge >= 0.3 is 5.97 Å². The number of allylic oxidation sites excluding steroid dienone is 1. The Kier molecular flexibility index (Phi) is 10.5. The molecule has 0 spiro atoms. The number of carbonyl (C=O) groups is 1. The zero-order valence-electron chi connectivity index (χ0n) is 24.3. The molecule has 0 radical (unpaired) electrons. The number of halogens is 1. The second-order valence-electron chi connectivity index (χ2n) is 13.8. The molecule has 0 heterocycles. The molecule has 35 heavy (non-hydrogen) atoms. The van der Waals surface area contributed by atoms with Gasteiger partial charge < -0.3 is 9.53 Å². The van der Waals surface area contributed by atoms with E-state index in [0.29, 0.717) is 11.6 Å². The molecule has 1 N–H and O–H groups in total. The Bertz CT molecular complexity index is 877. The van der Waals surface area contributed by atoms with Crippen LogP contribution in [0.4, 0.5) is 0 Å². The predicted molar refractivity (Wildman–Crippen MR) is 154 cm³/mol. The van der Waals surface area contributed by atoms with Crippen LogP contribution < -0.4 is 0 Å². The van der Waals surface area contributed by atoms with Crippen molar-refractivity contribution in [2.45, 2.75) is 112 Å². The SMILES string of the molecule is C=CC(C(C)(C)CCCO[Si](C)(C)C(C)(C)C)C(C)(C(=O)O)c1ccc(CCC(C)(C)C)c(Cl)c1. The highest BCUT2D eigenvalue weighted by atomic mass is 35.5. The van der Waals surface area contributed by atoms with E-state index < -0.39 is 19.7 Å². The molecule has 2 atom stereocenters. The van der Waals surface area contributed by atoms with Crippen LogP contribution >= 0.6 is 11.6 Å². The minimum Gasteiger partial charge on any atom is -0.481 e. The zero-order valence-corrected chi connectivity index (χ0v) is 26.0. The Morgan fingerprint density at radius 2 is 1.66 bits per heavy atom. The fourth-order valence-corrected chi connectivity index (χ4v) is 5.94. The van der Waals surface area contributed by atoms with Crippen LogP contribution in [-0.4, -0.2) is 26.0 Å².